The zero-order valence-electron chi connectivity index (χ0n) is 18.4. The summed E-state index contributed by atoms with van der Waals surface area (Å²) in [6, 6.07) is 16.7. The molecule has 2 aromatic carbocycles. The number of ether oxygens (including phenoxy) is 3. The molecule has 0 N–H and O–H groups in total. The van der Waals surface area contributed by atoms with Gasteiger partial charge in [0, 0.05) is 37.3 Å². The number of hydrogen-bond acceptors (Lipinski definition) is 7. The fourth-order valence-electron chi connectivity index (χ4n) is 3.73. The van der Waals surface area contributed by atoms with Gasteiger partial charge in [0.05, 0.1) is 27.0 Å². The third kappa shape index (κ3) is 4.44. The number of carbonyl (C=O) groups excluding carboxylic acids is 1. The Balaban J connectivity index is 1.43. The minimum Gasteiger partial charge on any atom is -0.497 e. The minimum atomic E-state index is 0.00935. The molecule has 1 aliphatic heterocycles. The molecule has 1 saturated heterocycles. The predicted molar refractivity (Wildman–Crippen MR) is 122 cm³/mol. The van der Waals surface area contributed by atoms with Crippen LogP contribution in [0.4, 0.5) is 5.82 Å². The van der Waals surface area contributed by atoms with Crippen LogP contribution in [0.3, 0.4) is 0 Å². The smallest absolute Gasteiger partial charge is 0.254 e. The lowest BCUT2D eigenvalue weighted by atomic mass is 10.1. The molecule has 0 saturated carbocycles. The average Bonchev–Trinajstić information content (AvgIpc) is 2.88. The number of benzene rings is 2. The van der Waals surface area contributed by atoms with Gasteiger partial charge in [-0.1, -0.05) is 6.07 Å². The molecule has 0 spiro atoms. The van der Waals surface area contributed by atoms with Crippen molar-refractivity contribution in [1.29, 1.82) is 0 Å². The van der Waals surface area contributed by atoms with Crippen molar-refractivity contribution in [2.45, 2.75) is 0 Å². The van der Waals surface area contributed by atoms with Crippen molar-refractivity contribution >= 4 is 11.7 Å². The van der Waals surface area contributed by atoms with Crippen molar-refractivity contribution in [3.8, 4) is 28.5 Å². The maximum atomic E-state index is 12.8. The number of nitrogens with zero attached hydrogens (tertiary/aromatic N) is 4. The molecule has 2 heterocycles. The van der Waals surface area contributed by atoms with Gasteiger partial charge >= 0.3 is 0 Å². The Morgan fingerprint density at radius 2 is 1.56 bits per heavy atom. The zero-order chi connectivity index (χ0) is 22.5. The molecule has 0 atom stereocenters. The van der Waals surface area contributed by atoms with Crippen molar-refractivity contribution in [1.82, 2.24) is 15.1 Å². The second kappa shape index (κ2) is 9.55. The predicted octanol–water partition coefficient (Wildman–Crippen LogP) is 3.13. The second-order valence-corrected chi connectivity index (χ2v) is 7.35. The molecule has 1 amide bonds. The van der Waals surface area contributed by atoms with Gasteiger partial charge in [0.25, 0.3) is 5.91 Å². The van der Waals surface area contributed by atoms with Crippen LogP contribution in [0.15, 0.2) is 54.6 Å². The molecule has 1 aromatic heterocycles. The fourth-order valence-corrected chi connectivity index (χ4v) is 3.73. The van der Waals surface area contributed by atoms with Crippen LogP contribution >= 0.6 is 0 Å². The highest BCUT2D eigenvalue weighted by atomic mass is 16.5. The standard InChI is InChI=1S/C24H26N4O4/c1-30-18-6-4-5-17(15-18)24(29)28-13-11-27(12-14-28)23-10-8-21(25-26-23)20-16-19(31-2)7-9-22(20)32-3/h4-10,15-16H,11-14H2,1-3H3. The third-order valence-corrected chi connectivity index (χ3v) is 5.54. The largest absolute Gasteiger partial charge is 0.497 e. The number of amides is 1. The summed E-state index contributed by atoms with van der Waals surface area (Å²) in [4.78, 5) is 16.8. The number of anilines is 1. The monoisotopic (exact) mass is 434 g/mol. The Labute approximate surface area is 187 Å². The molecule has 1 fully saturated rings. The average molecular weight is 434 g/mol. The van der Waals surface area contributed by atoms with Gasteiger partial charge in [-0.25, -0.2) is 0 Å². The zero-order valence-corrected chi connectivity index (χ0v) is 18.4. The Bertz CT molecular complexity index is 1080. The van der Waals surface area contributed by atoms with E-state index in [2.05, 4.69) is 15.1 Å². The van der Waals surface area contributed by atoms with E-state index in [9.17, 15) is 4.79 Å². The third-order valence-electron chi connectivity index (χ3n) is 5.54. The van der Waals surface area contributed by atoms with E-state index in [4.69, 9.17) is 14.2 Å². The van der Waals surface area contributed by atoms with Crippen LogP contribution in [0.5, 0.6) is 17.2 Å². The first-order valence-corrected chi connectivity index (χ1v) is 10.4. The molecule has 166 valence electrons. The van der Waals surface area contributed by atoms with E-state index in [1.165, 1.54) is 0 Å². The molecule has 4 rings (SSSR count). The summed E-state index contributed by atoms with van der Waals surface area (Å²) in [5.74, 6) is 2.90. The fraction of sp³-hybridized carbons (Fsp3) is 0.292. The quantitative estimate of drug-likeness (QED) is 0.590. The SMILES string of the molecule is COc1cccc(C(=O)N2CCN(c3ccc(-c4cc(OC)ccc4OC)nn3)CC2)c1. The highest BCUT2D eigenvalue weighted by molar-refractivity contribution is 5.94. The molecule has 1 aliphatic rings. The van der Waals surface area contributed by atoms with Gasteiger partial charge in [-0.05, 0) is 48.5 Å². The number of methoxy groups -OCH3 is 3. The Hall–Kier alpha value is -3.81. The molecule has 3 aromatic rings. The van der Waals surface area contributed by atoms with E-state index in [0.717, 1.165) is 17.1 Å². The van der Waals surface area contributed by atoms with Gasteiger partial charge in [0.15, 0.2) is 5.82 Å². The number of rotatable bonds is 6. The van der Waals surface area contributed by atoms with Crippen molar-refractivity contribution in [2.24, 2.45) is 0 Å². The van der Waals surface area contributed by atoms with E-state index >= 15 is 0 Å². The summed E-state index contributed by atoms with van der Waals surface area (Å²) in [5, 5.41) is 8.83. The Kier molecular flexibility index (Phi) is 6.39. The van der Waals surface area contributed by atoms with Crippen LogP contribution in [0, 0.1) is 0 Å². The summed E-state index contributed by atoms with van der Waals surface area (Å²) in [6.07, 6.45) is 0. The van der Waals surface area contributed by atoms with Gasteiger partial charge in [0.2, 0.25) is 0 Å². The first-order valence-electron chi connectivity index (χ1n) is 10.4. The summed E-state index contributed by atoms with van der Waals surface area (Å²) >= 11 is 0. The van der Waals surface area contributed by atoms with Crippen molar-refractivity contribution in [3.05, 3.63) is 60.2 Å². The van der Waals surface area contributed by atoms with Gasteiger partial charge in [-0.15, -0.1) is 10.2 Å². The van der Waals surface area contributed by atoms with Crippen LogP contribution < -0.4 is 19.1 Å². The summed E-state index contributed by atoms with van der Waals surface area (Å²) < 4.78 is 16.0. The van der Waals surface area contributed by atoms with Gasteiger partial charge < -0.3 is 24.0 Å². The molecular weight excluding hydrogens is 408 g/mol. The first-order chi connectivity index (χ1) is 15.6. The van der Waals surface area contributed by atoms with Crippen LogP contribution in [0.25, 0.3) is 11.3 Å². The molecule has 0 aliphatic carbocycles. The van der Waals surface area contributed by atoms with Gasteiger partial charge in [0.1, 0.15) is 17.2 Å². The number of carbonyl (C=O) groups is 1. The van der Waals surface area contributed by atoms with Crippen LogP contribution in [-0.2, 0) is 0 Å². The molecule has 0 radical (unpaired) electrons. The maximum Gasteiger partial charge on any atom is 0.254 e. The van der Waals surface area contributed by atoms with Crippen LogP contribution in [0.1, 0.15) is 10.4 Å². The summed E-state index contributed by atoms with van der Waals surface area (Å²) in [5.41, 5.74) is 2.16. The van der Waals surface area contributed by atoms with Crippen molar-refractivity contribution < 1.29 is 19.0 Å². The lowest BCUT2D eigenvalue weighted by Crippen LogP contribution is -2.49. The summed E-state index contributed by atoms with van der Waals surface area (Å²) in [6.45, 7) is 2.60. The minimum absolute atomic E-state index is 0.00935. The van der Waals surface area contributed by atoms with Gasteiger partial charge in [-0.3, -0.25) is 4.79 Å². The molecule has 8 nitrogen and oxygen atoms in total. The van der Waals surface area contributed by atoms with Crippen molar-refractivity contribution in [2.75, 3.05) is 52.4 Å². The van der Waals surface area contributed by atoms with E-state index in [0.29, 0.717) is 48.9 Å². The molecule has 32 heavy (non-hydrogen) atoms. The van der Waals surface area contributed by atoms with E-state index in [-0.39, 0.29) is 5.91 Å². The molecular formula is C24H26N4O4. The summed E-state index contributed by atoms with van der Waals surface area (Å²) in [7, 11) is 4.84. The van der Waals surface area contributed by atoms with Gasteiger partial charge in [-0.2, -0.15) is 0 Å². The molecule has 0 unspecified atom stereocenters. The highest BCUT2D eigenvalue weighted by Crippen LogP contribution is 2.32. The lowest BCUT2D eigenvalue weighted by molar-refractivity contribution is 0.0746. The number of hydrogen-bond donors (Lipinski definition) is 0. The lowest BCUT2D eigenvalue weighted by Gasteiger charge is -2.35. The van der Waals surface area contributed by atoms with Crippen LogP contribution in [-0.4, -0.2) is 68.5 Å². The topological polar surface area (TPSA) is 77.0 Å². The maximum absolute atomic E-state index is 12.8. The Morgan fingerprint density at radius 1 is 0.812 bits per heavy atom. The number of aromatic nitrogens is 2. The number of piperazine rings is 1. The Morgan fingerprint density at radius 3 is 2.22 bits per heavy atom. The molecule has 8 heteroatoms. The first kappa shape index (κ1) is 21.4. The van der Waals surface area contributed by atoms with Crippen LogP contribution in [0.2, 0.25) is 0 Å². The molecule has 0 bridgehead atoms. The van der Waals surface area contributed by atoms with Crippen molar-refractivity contribution in [3.63, 3.8) is 0 Å². The van der Waals surface area contributed by atoms with E-state index in [1.807, 2.05) is 53.4 Å². The highest BCUT2D eigenvalue weighted by Gasteiger charge is 2.23. The normalized spacial score (nSPS) is 13.6. The van der Waals surface area contributed by atoms with E-state index in [1.54, 1.807) is 27.4 Å². The second-order valence-electron chi connectivity index (χ2n) is 7.35. The van der Waals surface area contributed by atoms with E-state index < -0.39 is 0 Å².